The van der Waals surface area contributed by atoms with Crippen LogP contribution in [0.4, 0.5) is 4.79 Å². The number of imide groups is 1. The van der Waals surface area contributed by atoms with Crippen molar-refractivity contribution >= 4 is 17.8 Å². The van der Waals surface area contributed by atoms with E-state index in [1.54, 1.807) is 0 Å². The van der Waals surface area contributed by atoms with Crippen LogP contribution in [0.5, 0.6) is 0 Å². The van der Waals surface area contributed by atoms with E-state index in [2.05, 4.69) is 44.8 Å². The Hall–Kier alpha value is -2.45. The Morgan fingerprint density at radius 3 is 2.42 bits per heavy atom. The predicted molar refractivity (Wildman–Crippen MR) is 117 cm³/mol. The Balaban J connectivity index is 1.22. The van der Waals surface area contributed by atoms with Gasteiger partial charge in [-0.15, -0.1) is 0 Å². The van der Waals surface area contributed by atoms with Crippen molar-refractivity contribution in [3.63, 3.8) is 0 Å². The van der Waals surface area contributed by atoms with Gasteiger partial charge in [0.1, 0.15) is 5.54 Å². The number of carbonyl (C=O) groups excluding carboxylic acids is 3. The first-order valence-corrected chi connectivity index (χ1v) is 11.5. The second-order valence-corrected chi connectivity index (χ2v) is 8.96. The van der Waals surface area contributed by atoms with Gasteiger partial charge in [-0.2, -0.15) is 5.01 Å². The summed E-state index contributed by atoms with van der Waals surface area (Å²) in [5.74, 6) is -0.598. The molecule has 168 valence electrons. The molecule has 4 rings (SSSR count). The summed E-state index contributed by atoms with van der Waals surface area (Å²) in [5.41, 5.74) is 3.05. The topological polar surface area (TPSA) is 85.0 Å². The summed E-state index contributed by atoms with van der Waals surface area (Å²) in [6, 6.07) is 9.97. The molecule has 0 unspecified atom stereocenters. The van der Waals surface area contributed by atoms with Gasteiger partial charge in [-0.3, -0.25) is 19.9 Å². The normalized spacial score (nSPS) is 22.4. The fourth-order valence-electron chi connectivity index (χ4n) is 4.90. The number of nitrogens with zero attached hydrogens (tertiary/aromatic N) is 3. The lowest BCUT2D eigenvalue weighted by atomic mass is 9.82. The molecule has 3 fully saturated rings. The van der Waals surface area contributed by atoms with Gasteiger partial charge in [0.25, 0.3) is 5.91 Å². The lowest BCUT2D eigenvalue weighted by Gasteiger charge is -2.30. The summed E-state index contributed by atoms with van der Waals surface area (Å²) in [4.78, 5) is 42.3. The summed E-state index contributed by atoms with van der Waals surface area (Å²) in [5, 5.41) is 3.72. The maximum atomic E-state index is 12.8. The third-order valence-electron chi connectivity index (χ3n) is 6.69. The van der Waals surface area contributed by atoms with Crippen LogP contribution in [0.3, 0.4) is 0 Å². The van der Waals surface area contributed by atoms with E-state index in [0.717, 1.165) is 63.4 Å². The van der Waals surface area contributed by atoms with Crippen molar-refractivity contribution in [2.75, 3.05) is 32.7 Å². The molecule has 31 heavy (non-hydrogen) atoms. The summed E-state index contributed by atoms with van der Waals surface area (Å²) < 4.78 is 0. The molecule has 1 spiro atoms. The van der Waals surface area contributed by atoms with E-state index in [9.17, 15) is 14.4 Å². The van der Waals surface area contributed by atoms with Gasteiger partial charge in [-0.1, -0.05) is 49.6 Å². The number of nitrogens with one attached hydrogen (secondary N) is 2. The number of hydrogen-bond donors (Lipinski definition) is 2. The van der Waals surface area contributed by atoms with E-state index >= 15 is 0 Å². The number of carbonyl (C=O) groups is 3. The highest BCUT2D eigenvalue weighted by Gasteiger charge is 2.52. The van der Waals surface area contributed by atoms with Crippen LogP contribution in [-0.2, 0) is 16.1 Å². The Morgan fingerprint density at radius 2 is 1.65 bits per heavy atom. The fraction of sp³-hybridized carbons (Fsp3) is 0.609. The average Bonchev–Trinajstić information content (AvgIpc) is 2.93. The minimum Gasteiger partial charge on any atom is -0.322 e. The van der Waals surface area contributed by atoms with E-state index in [1.165, 1.54) is 5.56 Å². The van der Waals surface area contributed by atoms with E-state index in [-0.39, 0.29) is 18.2 Å². The SMILES string of the molecule is O=C(CCN1CCCN(Cc2ccccc2)CC1)NN1C(=O)NC2(CCCCC2)C1=O. The quantitative estimate of drug-likeness (QED) is 0.677. The second-order valence-electron chi connectivity index (χ2n) is 8.96. The number of rotatable bonds is 6. The monoisotopic (exact) mass is 427 g/mol. The molecule has 0 aromatic heterocycles. The van der Waals surface area contributed by atoms with Crippen LogP contribution in [0, 0.1) is 0 Å². The Kier molecular flexibility index (Phi) is 6.87. The average molecular weight is 428 g/mol. The zero-order valence-electron chi connectivity index (χ0n) is 18.1. The first-order valence-electron chi connectivity index (χ1n) is 11.5. The van der Waals surface area contributed by atoms with Gasteiger partial charge in [-0.25, -0.2) is 4.79 Å². The molecule has 2 aliphatic heterocycles. The van der Waals surface area contributed by atoms with Crippen molar-refractivity contribution in [3.8, 4) is 0 Å². The van der Waals surface area contributed by atoms with Gasteiger partial charge in [0.15, 0.2) is 0 Å². The fourth-order valence-corrected chi connectivity index (χ4v) is 4.90. The summed E-state index contributed by atoms with van der Waals surface area (Å²) >= 11 is 0. The predicted octanol–water partition coefficient (Wildman–Crippen LogP) is 1.87. The molecule has 8 heteroatoms. The summed E-state index contributed by atoms with van der Waals surface area (Å²) in [6.07, 6.45) is 5.55. The molecular formula is C23H33N5O3. The lowest BCUT2D eigenvalue weighted by molar-refractivity contribution is -0.140. The van der Waals surface area contributed by atoms with Crippen LogP contribution < -0.4 is 10.7 Å². The molecule has 1 saturated carbocycles. The smallest absolute Gasteiger partial charge is 0.322 e. The largest absolute Gasteiger partial charge is 0.344 e. The number of benzene rings is 1. The van der Waals surface area contributed by atoms with Crippen molar-refractivity contribution in [1.29, 1.82) is 0 Å². The maximum absolute atomic E-state index is 12.8. The van der Waals surface area contributed by atoms with Crippen LogP contribution in [0.2, 0.25) is 0 Å². The molecule has 2 N–H and O–H groups in total. The number of urea groups is 1. The third-order valence-corrected chi connectivity index (χ3v) is 6.69. The Labute approximate surface area is 183 Å². The number of hydrogen-bond acceptors (Lipinski definition) is 5. The standard InChI is InChI=1S/C23H33N5O3/c29-20(25-28-21(30)23(24-22(28)31)11-5-2-6-12-23)10-15-26-13-7-14-27(17-16-26)18-19-8-3-1-4-9-19/h1,3-4,8-9H,2,5-7,10-18H2,(H,24,31)(H,25,29). The third kappa shape index (κ3) is 5.25. The molecule has 8 nitrogen and oxygen atoms in total. The first kappa shape index (κ1) is 21.8. The molecule has 1 aromatic carbocycles. The molecule has 1 aliphatic carbocycles. The van der Waals surface area contributed by atoms with Gasteiger partial charge >= 0.3 is 6.03 Å². The lowest BCUT2D eigenvalue weighted by Crippen LogP contribution is -2.51. The Bertz CT molecular complexity index is 794. The first-order chi connectivity index (χ1) is 15.1. The van der Waals surface area contributed by atoms with Crippen LogP contribution in [0.25, 0.3) is 0 Å². The molecular weight excluding hydrogens is 394 g/mol. The van der Waals surface area contributed by atoms with Gasteiger partial charge in [0, 0.05) is 32.6 Å². The van der Waals surface area contributed by atoms with Gasteiger partial charge in [0.05, 0.1) is 0 Å². The molecule has 4 amide bonds. The van der Waals surface area contributed by atoms with Crippen LogP contribution in [0.1, 0.15) is 50.5 Å². The van der Waals surface area contributed by atoms with Crippen molar-refractivity contribution in [2.24, 2.45) is 0 Å². The number of hydrazine groups is 1. The zero-order chi connectivity index (χ0) is 21.7. The van der Waals surface area contributed by atoms with Crippen molar-refractivity contribution < 1.29 is 14.4 Å². The van der Waals surface area contributed by atoms with Crippen molar-refractivity contribution in [3.05, 3.63) is 35.9 Å². The van der Waals surface area contributed by atoms with E-state index < -0.39 is 11.6 Å². The van der Waals surface area contributed by atoms with E-state index in [1.807, 2.05) is 6.07 Å². The van der Waals surface area contributed by atoms with Gasteiger partial charge < -0.3 is 10.2 Å². The van der Waals surface area contributed by atoms with Crippen molar-refractivity contribution in [2.45, 2.75) is 57.0 Å². The zero-order valence-corrected chi connectivity index (χ0v) is 18.1. The van der Waals surface area contributed by atoms with Crippen molar-refractivity contribution in [1.82, 2.24) is 25.6 Å². The molecule has 0 bridgehead atoms. The van der Waals surface area contributed by atoms with Crippen LogP contribution in [0.15, 0.2) is 30.3 Å². The van der Waals surface area contributed by atoms with Crippen LogP contribution >= 0.6 is 0 Å². The highest BCUT2D eigenvalue weighted by Crippen LogP contribution is 2.33. The van der Waals surface area contributed by atoms with Gasteiger partial charge in [-0.05, 0) is 37.9 Å². The van der Waals surface area contributed by atoms with E-state index in [0.29, 0.717) is 19.4 Å². The highest BCUT2D eigenvalue weighted by atomic mass is 16.2. The molecule has 2 heterocycles. The highest BCUT2D eigenvalue weighted by molar-refractivity contribution is 6.08. The van der Waals surface area contributed by atoms with Gasteiger partial charge in [0.2, 0.25) is 5.91 Å². The number of amides is 4. The van der Waals surface area contributed by atoms with E-state index in [4.69, 9.17) is 0 Å². The summed E-state index contributed by atoms with van der Waals surface area (Å²) in [7, 11) is 0. The maximum Gasteiger partial charge on any atom is 0.344 e. The Morgan fingerprint density at radius 1 is 0.935 bits per heavy atom. The second kappa shape index (κ2) is 9.78. The molecule has 0 atom stereocenters. The molecule has 2 saturated heterocycles. The molecule has 1 aromatic rings. The minimum atomic E-state index is -0.810. The molecule has 0 radical (unpaired) electrons. The van der Waals surface area contributed by atoms with Crippen LogP contribution in [-0.4, -0.2) is 70.9 Å². The molecule has 3 aliphatic rings. The summed E-state index contributed by atoms with van der Waals surface area (Å²) in [6.45, 7) is 5.44. The minimum absolute atomic E-state index is 0.267.